The zero-order valence-electron chi connectivity index (χ0n) is 13.0. The van der Waals surface area contributed by atoms with Gasteiger partial charge in [0.2, 0.25) is 0 Å². The molecular weight excluding hydrogens is 298 g/mol. The number of nitrogens with zero attached hydrogens (tertiary/aromatic N) is 1. The van der Waals surface area contributed by atoms with Gasteiger partial charge < -0.3 is 10.6 Å². The second-order valence-electron chi connectivity index (χ2n) is 6.01. The van der Waals surface area contributed by atoms with Crippen molar-refractivity contribution < 1.29 is 4.79 Å². The molecule has 0 aromatic carbocycles. The number of H-pyrrole nitrogens is 2. The summed E-state index contributed by atoms with van der Waals surface area (Å²) >= 11 is 0. The van der Waals surface area contributed by atoms with E-state index in [4.69, 9.17) is 0 Å². The van der Waals surface area contributed by atoms with Crippen molar-refractivity contribution >= 4 is 16.9 Å². The van der Waals surface area contributed by atoms with Crippen molar-refractivity contribution in [3.8, 4) is 0 Å². The molecule has 0 radical (unpaired) electrons. The van der Waals surface area contributed by atoms with E-state index >= 15 is 0 Å². The van der Waals surface area contributed by atoms with Gasteiger partial charge in [-0.15, -0.1) is 0 Å². The SMILES string of the molecule is Cc1cc(C(=O)NC2CCNC(C)C2)nc2[nH]c(=O)[nH]c(=O)c12. The zero-order chi connectivity index (χ0) is 16.6. The van der Waals surface area contributed by atoms with Gasteiger partial charge in [-0.05, 0) is 44.9 Å². The predicted octanol–water partition coefficient (Wildman–Crippen LogP) is -0.210. The van der Waals surface area contributed by atoms with Crippen molar-refractivity contribution in [2.75, 3.05) is 6.54 Å². The Kier molecular flexibility index (Phi) is 3.99. The first-order valence-corrected chi connectivity index (χ1v) is 7.62. The monoisotopic (exact) mass is 317 g/mol. The van der Waals surface area contributed by atoms with Gasteiger partial charge >= 0.3 is 5.69 Å². The molecule has 23 heavy (non-hydrogen) atoms. The molecule has 0 saturated carbocycles. The van der Waals surface area contributed by atoms with Crippen LogP contribution in [0.25, 0.3) is 11.0 Å². The fourth-order valence-electron chi connectivity index (χ4n) is 2.99. The molecule has 1 saturated heterocycles. The standard InChI is InChI=1S/C15H19N5O3/c1-7-5-10(13(21)17-9-3-4-16-8(2)6-9)18-12-11(7)14(22)20-15(23)19-12/h5,8-9,16H,3-4,6H2,1-2H3,(H,17,21)(H2,18,19,20,22,23). The number of carbonyl (C=O) groups excluding carboxylic acids is 1. The van der Waals surface area contributed by atoms with E-state index in [1.807, 2.05) is 0 Å². The Morgan fingerprint density at radius 2 is 2.13 bits per heavy atom. The Hall–Kier alpha value is -2.48. The van der Waals surface area contributed by atoms with Crippen LogP contribution in [0.3, 0.4) is 0 Å². The van der Waals surface area contributed by atoms with Gasteiger partial charge in [0.15, 0.2) is 0 Å². The molecule has 1 fully saturated rings. The van der Waals surface area contributed by atoms with Gasteiger partial charge in [-0.3, -0.25) is 19.6 Å². The first kappa shape index (κ1) is 15.4. The average molecular weight is 317 g/mol. The highest BCUT2D eigenvalue weighted by Crippen LogP contribution is 2.13. The first-order valence-electron chi connectivity index (χ1n) is 7.62. The lowest BCUT2D eigenvalue weighted by Gasteiger charge is -2.28. The molecule has 0 bridgehead atoms. The van der Waals surface area contributed by atoms with Crippen LogP contribution in [-0.4, -0.2) is 39.5 Å². The zero-order valence-corrected chi connectivity index (χ0v) is 13.0. The minimum Gasteiger partial charge on any atom is -0.348 e. The molecule has 0 spiro atoms. The van der Waals surface area contributed by atoms with Crippen molar-refractivity contribution in [2.24, 2.45) is 0 Å². The predicted molar refractivity (Wildman–Crippen MR) is 85.7 cm³/mol. The fourth-order valence-corrected chi connectivity index (χ4v) is 2.99. The molecule has 3 heterocycles. The quantitative estimate of drug-likeness (QED) is 0.611. The van der Waals surface area contributed by atoms with Crippen molar-refractivity contribution in [3.63, 3.8) is 0 Å². The normalized spacial score (nSPS) is 21.3. The van der Waals surface area contributed by atoms with Gasteiger partial charge in [-0.25, -0.2) is 9.78 Å². The van der Waals surface area contributed by atoms with Gasteiger partial charge in [-0.2, -0.15) is 0 Å². The number of piperidine rings is 1. The minimum absolute atomic E-state index is 0.0924. The molecule has 2 aromatic rings. The summed E-state index contributed by atoms with van der Waals surface area (Å²) in [5, 5.41) is 6.58. The lowest BCUT2D eigenvalue weighted by molar-refractivity contribution is 0.0921. The molecule has 8 nitrogen and oxygen atoms in total. The summed E-state index contributed by atoms with van der Waals surface area (Å²) in [6, 6.07) is 2.01. The van der Waals surface area contributed by atoms with E-state index in [0.29, 0.717) is 11.6 Å². The first-order chi connectivity index (χ1) is 10.9. The molecular formula is C15H19N5O3. The number of aromatic amines is 2. The van der Waals surface area contributed by atoms with E-state index in [0.717, 1.165) is 19.4 Å². The minimum atomic E-state index is -0.640. The maximum Gasteiger partial charge on any atom is 0.327 e. The summed E-state index contributed by atoms with van der Waals surface area (Å²) in [4.78, 5) is 44.4. The van der Waals surface area contributed by atoms with Crippen LogP contribution in [0.2, 0.25) is 0 Å². The van der Waals surface area contributed by atoms with Gasteiger partial charge in [0.05, 0.1) is 5.39 Å². The molecule has 122 valence electrons. The van der Waals surface area contributed by atoms with Crippen LogP contribution in [-0.2, 0) is 0 Å². The maximum atomic E-state index is 12.4. The van der Waals surface area contributed by atoms with E-state index < -0.39 is 11.2 Å². The summed E-state index contributed by atoms with van der Waals surface area (Å²) < 4.78 is 0. The van der Waals surface area contributed by atoms with Gasteiger partial charge in [-0.1, -0.05) is 0 Å². The largest absolute Gasteiger partial charge is 0.348 e. The van der Waals surface area contributed by atoms with Gasteiger partial charge in [0, 0.05) is 12.1 Å². The van der Waals surface area contributed by atoms with Crippen molar-refractivity contribution in [1.29, 1.82) is 0 Å². The van der Waals surface area contributed by atoms with Crippen LogP contribution in [0.1, 0.15) is 35.8 Å². The number of amides is 1. The van der Waals surface area contributed by atoms with E-state index in [-0.39, 0.29) is 28.7 Å². The number of aryl methyl sites for hydroxylation is 1. The summed E-state index contributed by atoms with van der Waals surface area (Å²) in [5.74, 6) is -0.296. The summed E-state index contributed by atoms with van der Waals surface area (Å²) in [7, 11) is 0. The van der Waals surface area contributed by atoms with Crippen LogP contribution >= 0.6 is 0 Å². The second kappa shape index (κ2) is 5.96. The number of nitrogens with one attached hydrogen (secondary N) is 4. The lowest BCUT2D eigenvalue weighted by Crippen LogP contribution is -2.46. The molecule has 1 aliphatic heterocycles. The third kappa shape index (κ3) is 3.16. The summed E-state index contributed by atoms with van der Waals surface area (Å²) in [6.45, 7) is 4.65. The highest BCUT2D eigenvalue weighted by Gasteiger charge is 2.21. The van der Waals surface area contributed by atoms with Gasteiger partial charge in [0.25, 0.3) is 11.5 Å². The van der Waals surface area contributed by atoms with Crippen molar-refractivity contribution in [1.82, 2.24) is 25.6 Å². The van der Waals surface area contributed by atoms with E-state index in [9.17, 15) is 14.4 Å². The molecule has 4 N–H and O–H groups in total. The number of hydrogen-bond acceptors (Lipinski definition) is 5. The average Bonchev–Trinajstić information content (AvgIpc) is 2.45. The topological polar surface area (TPSA) is 120 Å². The molecule has 3 rings (SSSR count). The van der Waals surface area contributed by atoms with Crippen LogP contribution in [0.4, 0.5) is 0 Å². The number of pyridine rings is 1. The molecule has 1 aliphatic rings. The highest BCUT2D eigenvalue weighted by atomic mass is 16.2. The third-order valence-corrected chi connectivity index (χ3v) is 4.09. The fraction of sp³-hybridized carbons (Fsp3) is 0.467. The summed E-state index contributed by atoms with van der Waals surface area (Å²) in [5.41, 5.74) is -0.228. The van der Waals surface area contributed by atoms with Crippen LogP contribution in [0.5, 0.6) is 0 Å². The second-order valence-corrected chi connectivity index (χ2v) is 6.01. The number of hydrogen-bond donors (Lipinski definition) is 4. The smallest absolute Gasteiger partial charge is 0.327 e. The van der Waals surface area contributed by atoms with Crippen LogP contribution < -0.4 is 21.9 Å². The molecule has 8 heteroatoms. The number of rotatable bonds is 2. The summed E-state index contributed by atoms with van der Waals surface area (Å²) in [6.07, 6.45) is 1.72. The lowest BCUT2D eigenvalue weighted by atomic mass is 10.0. The Bertz CT molecular complexity index is 870. The number of fused-ring (bicyclic) bond motifs is 1. The molecule has 2 unspecified atom stereocenters. The highest BCUT2D eigenvalue weighted by molar-refractivity contribution is 5.95. The maximum absolute atomic E-state index is 12.4. The number of carbonyl (C=O) groups is 1. The van der Waals surface area contributed by atoms with E-state index in [2.05, 4.69) is 32.5 Å². The molecule has 2 aromatic heterocycles. The van der Waals surface area contributed by atoms with Gasteiger partial charge in [0.1, 0.15) is 11.3 Å². The molecule has 0 aliphatic carbocycles. The molecule has 1 amide bonds. The van der Waals surface area contributed by atoms with Crippen molar-refractivity contribution in [2.45, 2.75) is 38.8 Å². The van der Waals surface area contributed by atoms with E-state index in [1.165, 1.54) is 0 Å². The Morgan fingerprint density at radius 3 is 2.87 bits per heavy atom. The van der Waals surface area contributed by atoms with Crippen molar-refractivity contribution in [3.05, 3.63) is 38.2 Å². The number of aromatic nitrogens is 3. The Morgan fingerprint density at radius 1 is 1.35 bits per heavy atom. The molecule has 2 atom stereocenters. The van der Waals surface area contributed by atoms with Crippen LogP contribution in [0, 0.1) is 6.92 Å². The Labute approximate surface area is 131 Å². The Balaban J connectivity index is 1.92. The third-order valence-electron chi connectivity index (χ3n) is 4.09. The van der Waals surface area contributed by atoms with E-state index in [1.54, 1.807) is 13.0 Å². The van der Waals surface area contributed by atoms with Crippen LogP contribution in [0.15, 0.2) is 15.7 Å².